The quantitative estimate of drug-likeness (QED) is 0.711. The van der Waals surface area contributed by atoms with E-state index < -0.39 is 10.0 Å². The maximum atomic E-state index is 12.4. The fourth-order valence-electron chi connectivity index (χ4n) is 1.30. The van der Waals surface area contributed by atoms with E-state index in [4.69, 9.17) is 9.47 Å². The van der Waals surface area contributed by atoms with Crippen molar-refractivity contribution >= 4 is 37.3 Å². The molecule has 0 aliphatic heterocycles. The number of rotatable bonds is 8. The normalized spacial score (nSPS) is 12.2. The minimum absolute atomic E-state index is 0.317. The largest absolute Gasteiger partial charge is 0.383 e. The van der Waals surface area contributed by atoms with Crippen molar-refractivity contribution < 1.29 is 17.9 Å². The molecule has 0 amide bonds. The highest BCUT2D eigenvalue weighted by Crippen LogP contribution is 2.28. The zero-order chi connectivity index (χ0) is 13.6. The summed E-state index contributed by atoms with van der Waals surface area (Å²) in [5.74, 6) is 0. The molecule has 0 aliphatic rings. The van der Waals surface area contributed by atoms with Crippen molar-refractivity contribution in [3.8, 4) is 0 Å². The van der Waals surface area contributed by atoms with Gasteiger partial charge in [-0.25, -0.2) is 8.42 Å². The van der Waals surface area contributed by atoms with Gasteiger partial charge in [0.05, 0.1) is 17.0 Å². The molecule has 0 aliphatic carbocycles. The van der Waals surface area contributed by atoms with E-state index in [1.54, 1.807) is 26.4 Å². The molecule has 0 saturated heterocycles. The van der Waals surface area contributed by atoms with E-state index in [1.807, 2.05) is 0 Å². The summed E-state index contributed by atoms with van der Waals surface area (Å²) in [6.07, 6.45) is 0. The lowest BCUT2D eigenvalue weighted by atomic mass is 10.6. The fraction of sp³-hybridized carbons (Fsp3) is 0.600. The summed E-state index contributed by atoms with van der Waals surface area (Å²) in [5, 5.41) is 0. The molecule has 0 atom stereocenters. The lowest BCUT2D eigenvalue weighted by molar-refractivity contribution is 0.150. The van der Waals surface area contributed by atoms with Crippen molar-refractivity contribution in [2.24, 2.45) is 0 Å². The van der Waals surface area contributed by atoms with Crippen molar-refractivity contribution in [1.82, 2.24) is 4.31 Å². The second-order valence-electron chi connectivity index (χ2n) is 3.45. The molecule has 0 radical (unpaired) electrons. The molecular weight excluding hydrogens is 342 g/mol. The van der Waals surface area contributed by atoms with Crippen LogP contribution in [0.3, 0.4) is 0 Å². The first-order valence-corrected chi connectivity index (χ1v) is 8.30. The monoisotopic (exact) mass is 357 g/mol. The number of sulfonamides is 1. The number of thiophene rings is 1. The summed E-state index contributed by atoms with van der Waals surface area (Å²) in [6.45, 7) is 1.35. The molecule has 0 spiro atoms. The van der Waals surface area contributed by atoms with Crippen LogP contribution in [0.5, 0.6) is 0 Å². The number of halogens is 1. The Bertz CT molecular complexity index is 452. The van der Waals surface area contributed by atoms with Gasteiger partial charge < -0.3 is 9.47 Å². The molecule has 0 bridgehead atoms. The van der Waals surface area contributed by atoms with Gasteiger partial charge in [0.25, 0.3) is 10.0 Å². The average Bonchev–Trinajstić information content (AvgIpc) is 2.76. The summed E-state index contributed by atoms with van der Waals surface area (Å²) in [4.78, 5) is 0. The first kappa shape index (κ1) is 16.1. The Morgan fingerprint density at radius 2 is 1.78 bits per heavy atom. The molecule has 0 unspecified atom stereocenters. The highest BCUT2D eigenvalue weighted by Gasteiger charge is 2.25. The maximum absolute atomic E-state index is 12.4. The highest BCUT2D eigenvalue weighted by atomic mass is 79.9. The Hall–Kier alpha value is 0.01000. The molecule has 1 aromatic heterocycles. The third kappa shape index (κ3) is 4.29. The summed E-state index contributed by atoms with van der Waals surface area (Å²) < 4.78 is 37.1. The molecule has 5 nitrogen and oxygen atoms in total. The van der Waals surface area contributed by atoms with Crippen LogP contribution in [0.1, 0.15) is 0 Å². The molecule has 0 N–H and O–H groups in total. The SMILES string of the molecule is COCCN(CCOC)S(=O)(=O)c1ccc(Br)s1. The van der Waals surface area contributed by atoms with Crippen molar-refractivity contribution in [2.75, 3.05) is 40.5 Å². The Kier molecular flexibility index (Phi) is 6.75. The van der Waals surface area contributed by atoms with Crippen LogP contribution in [0.4, 0.5) is 0 Å². The van der Waals surface area contributed by atoms with Crippen LogP contribution in [-0.4, -0.2) is 53.2 Å². The number of hydrogen-bond acceptors (Lipinski definition) is 5. The zero-order valence-corrected chi connectivity index (χ0v) is 13.5. The zero-order valence-electron chi connectivity index (χ0n) is 10.3. The van der Waals surface area contributed by atoms with E-state index in [-0.39, 0.29) is 0 Å². The topological polar surface area (TPSA) is 55.8 Å². The van der Waals surface area contributed by atoms with Crippen LogP contribution in [0.2, 0.25) is 0 Å². The molecule has 1 rings (SSSR count). The smallest absolute Gasteiger partial charge is 0.252 e. The van der Waals surface area contributed by atoms with Gasteiger partial charge in [0.2, 0.25) is 0 Å². The van der Waals surface area contributed by atoms with Crippen molar-refractivity contribution in [3.05, 3.63) is 15.9 Å². The molecule has 0 aromatic carbocycles. The van der Waals surface area contributed by atoms with Gasteiger partial charge in [0, 0.05) is 27.3 Å². The van der Waals surface area contributed by atoms with E-state index in [0.29, 0.717) is 30.5 Å². The average molecular weight is 358 g/mol. The molecule has 0 fully saturated rings. The second kappa shape index (κ2) is 7.56. The van der Waals surface area contributed by atoms with Crippen LogP contribution < -0.4 is 0 Å². The van der Waals surface area contributed by atoms with Crippen LogP contribution in [-0.2, 0) is 19.5 Å². The van der Waals surface area contributed by atoms with Gasteiger partial charge in [-0.05, 0) is 28.1 Å². The van der Waals surface area contributed by atoms with E-state index in [0.717, 1.165) is 3.79 Å². The van der Waals surface area contributed by atoms with Gasteiger partial charge in [-0.3, -0.25) is 0 Å². The molecule has 1 aromatic rings. The summed E-state index contributed by atoms with van der Waals surface area (Å²) in [5.41, 5.74) is 0. The summed E-state index contributed by atoms with van der Waals surface area (Å²) >= 11 is 4.46. The minimum atomic E-state index is -3.46. The van der Waals surface area contributed by atoms with Crippen molar-refractivity contribution in [3.63, 3.8) is 0 Å². The second-order valence-corrected chi connectivity index (χ2v) is 8.08. The lowest BCUT2D eigenvalue weighted by Gasteiger charge is -2.20. The van der Waals surface area contributed by atoms with E-state index >= 15 is 0 Å². The van der Waals surface area contributed by atoms with Crippen LogP contribution >= 0.6 is 27.3 Å². The predicted molar refractivity (Wildman–Crippen MR) is 74.5 cm³/mol. The van der Waals surface area contributed by atoms with Gasteiger partial charge in [-0.15, -0.1) is 11.3 Å². The predicted octanol–water partition coefficient (Wildman–Crippen LogP) is 1.79. The molecule has 8 heteroatoms. The first-order valence-electron chi connectivity index (χ1n) is 5.25. The number of ether oxygens (including phenoxy) is 2. The van der Waals surface area contributed by atoms with E-state index in [2.05, 4.69) is 15.9 Å². The lowest BCUT2D eigenvalue weighted by Crippen LogP contribution is -2.36. The van der Waals surface area contributed by atoms with Crippen LogP contribution in [0.25, 0.3) is 0 Å². The number of hydrogen-bond donors (Lipinski definition) is 0. The maximum Gasteiger partial charge on any atom is 0.252 e. The summed E-state index contributed by atoms with van der Waals surface area (Å²) in [6, 6.07) is 3.32. The minimum Gasteiger partial charge on any atom is -0.383 e. The summed E-state index contributed by atoms with van der Waals surface area (Å²) in [7, 11) is -0.374. The fourth-order valence-corrected chi connectivity index (χ4v) is 4.87. The molecule has 1 heterocycles. The van der Waals surface area contributed by atoms with Gasteiger partial charge in [0.15, 0.2) is 0 Å². The third-order valence-corrected chi connectivity index (χ3v) is 6.22. The van der Waals surface area contributed by atoms with Gasteiger partial charge in [0.1, 0.15) is 4.21 Å². The number of nitrogens with zero attached hydrogens (tertiary/aromatic N) is 1. The van der Waals surface area contributed by atoms with E-state index in [1.165, 1.54) is 15.6 Å². The molecule has 18 heavy (non-hydrogen) atoms. The van der Waals surface area contributed by atoms with Gasteiger partial charge >= 0.3 is 0 Å². The molecular formula is C10H16BrNO4S2. The van der Waals surface area contributed by atoms with Crippen molar-refractivity contribution in [2.45, 2.75) is 4.21 Å². The Morgan fingerprint density at radius 3 is 2.17 bits per heavy atom. The van der Waals surface area contributed by atoms with Crippen LogP contribution in [0, 0.1) is 0 Å². The van der Waals surface area contributed by atoms with Crippen molar-refractivity contribution in [1.29, 1.82) is 0 Å². The molecule has 0 saturated carbocycles. The van der Waals surface area contributed by atoms with Gasteiger partial charge in [-0.1, -0.05) is 0 Å². The van der Waals surface area contributed by atoms with Gasteiger partial charge in [-0.2, -0.15) is 4.31 Å². The van der Waals surface area contributed by atoms with E-state index in [9.17, 15) is 8.42 Å². The Morgan fingerprint density at radius 1 is 1.22 bits per heavy atom. The Balaban J connectivity index is 2.88. The Labute approximate surface area is 120 Å². The molecule has 104 valence electrons. The number of methoxy groups -OCH3 is 2. The highest BCUT2D eigenvalue weighted by molar-refractivity contribution is 9.11. The standard InChI is InChI=1S/C10H16BrNO4S2/c1-15-7-5-12(6-8-16-2)18(13,14)10-4-3-9(11)17-10/h3-4H,5-8H2,1-2H3. The van der Waals surface area contributed by atoms with Crippen LogP contribution in [0.15, 0.2) is 20.1 Å². The first-order chi connectivity index (χ1) is 8.52. The third-order valence-electron chi connectivity index (χ3n) is 2.23.